The Bertz CT molecular complexity index is 453. The summed E-state index contributed by atoms with van der Waals surface area (Å²) in [5.74, 6) is 0.882. The molecule has 2 rings (SSSR count). The number of pyridine rings is 1. The van der Waals surface area contributed by atoms with E-state index in [1.165, 1.54) is 5.56 Å². The van der Waals surface area contributed by atoms with Crippen LogP contribution in [0.4, 0.5) is 5.82 Å². The maximum absolute atomic E-state index is 4.27. The molecule has 0 aliphatic heterocycles. The quantitative estimate of drug-likeness (QED) is 0.936. The van der Waals surface area contributed by atoms with E-state index in [0.717, 1.165) is 23.4 Å². The Morgan fingerprint density at radius 3 is 3.06 bits per heavy atom. The molecule has 0 bridgehead atoms. The fraction of sp³-hybridized carbons (Fsp3) is 0.273. The number of anilines is 1. The van der Waals surface area contributed by atoms with Gasteiger partial charge >= 0.3 is 0 Å². The van der Waals surface area contributed by atoms with Gasteiger partial charge in [0.2, 0.25) is 0 Å². The van der Waals surface area contributed by atoms with Gasteiger partial charge in [-0.25, -0.2) is 4.98 Å². The van der Waals surface area contributed by atoms with Gasteiger partial charge in [-0.15, -0.1) is 0 Å². The molecular formula is C11H13BrN4. The number of nitrogens with zero attached hydrogens (tertiary/aromatic N) is 3. The van der Waals surface area contributed by atoms with E-state index in [0.29, 0.717) is 0 Å². The average molecular weight is 281 g/mol. The molecule has 0 radical (unpaired) electrons. The van der Waals surface area contributed by atoms with Gasteiger partial charge in [0.25, 0.3) is 0 Å². The molecule has 0 saturated carbocycles. The van der Waals surface area contributed by atoms with E-state index in [9.17, 15) is 0 Å². The molecule has 5 heteroatoms. The first-order valence-corrected chi connectivity index (χ1v) is 5.89. The van der Waals surface area contributed by atoms with Crippen LogP contribution in [0.2, 0.25) is 0 Å². The van der Waals surface area contributed by atoms with E-state index in [2.05, 4.69) is 31.3 Å². The lowest BCUT2D eigenvalue weighted by molar-refractivity contribution is 0.637. The number of nitrogens with one attached hydrogen (secondary N) is 1. The van der Waals surface area contributed by atoms with Crippen LogP contribution in [0.1, 0.15) is 5.56 Å². The Kier molecular flexibility index (Phi) is 3.56. The van der Waals surface area contributed by atoms with Gasteiger partial charge in [-0.2, -0.15) is 5.10 Å². The zero-order chi connectivity index (χ0) is 11.4. The van der Waals surface area contributed by atoms with Gasteiger partial charge in [0.1, 0.15) is 5.82 Å². The zero-order valence-electron chi connectivity index (χ0n) is 9.02. The summed E-state index contributed by atoms with van der Waals surface area (Å²) in [4.78, 5) is 4.27. The maximum Gasteiger partial charge on any atom is 0.140 e. The molecule has 2 aromatic heterocycles. The van der Waals surface area contributed by atoms with Crippen LogP contribution < -0.4 is 5.32 Å². The predicted octanol–water partition coefficient (Wildman–Crippen LogP) is 2.46. The monoisotopic (exact) mass is 280 g/mol. The first kappa shape index (κ1) is 11.1. The fourth-order valence-electron chi connectivity index (χ4n) is 1.39. The van der Waals surface area contributed by atoms with E-state index in [1.54, 1.807) is 12.4 Å². The van der Waals surface area contributed by atoms with Crippen LogP contribution in [-0.4, -0.2) is 21.3 Å². The second kappa shape index (κ2) is 5.12. The van der Waals surface area contributed by atoms with Crippen molar-refractivity contribution in [2.45, 2.75) is 13.5 Å². The van der Waals surface area contributed by atoms with Crippen LogP contribution in [0.15, 0.2) is 35.2 Å². The number of hydrogen-bond donors (Lipinski definition) is 1. The molecule has 0 fully saturated rings. The summed E-state index contributed by atoms with van der Waals surface area (Å²) in [6, 6.07) is 3.89. The highest BCUT2D eigenvalue weighted by Gasteiger charge is 2.02. The third-order valence-corrected chi connectivity index (χ3v) is 3.28. The number of aromatic nitrogens is 3. The van der Waals surface area contributed by atoms with E-state index in [4.69, 9.17) is 0 Å². The van der Waals surface area contributed by atoms with Gasteiger partial charge in [0, 0.05) is 25.1 Å². The van der Waals surface area contributed by atoms with Crippen molar-refractivity contribution in [2.24, 2.45) is 0 Å². The Morgan fingerprint density at radius 1 is 1.44 bits per heavy atom. The van der Waals surface area contributed by atoms with Gasteiger partial charge in [-0.05, 0) is 40.5 Å². The Morgan fingerprint density at radius 2 is 2.31 bits per heavy atom. The second-order valence-electron chi connectivity index (χ2n) is 3.49. The number of rotatable bonds is 4. The normalized spacial score (nSPS) is 10.4. The molecule has 1 N–H and O–H groups in total. The number of hydrogen-bond acceptors (Lipinski definition) is 3. The standard InChI is InChI=1S/C11H13BrN4/c1-9-3-5-13-11(10(9)12)14-6-8-16-7-2-4-15-16/h2-5,7H,6,8H2,1H3,(H,13,14). The molecule has 0 aromatic carbocycles. The van der Waals surface area contributed by atoms with Crippen LogP contribution >= 0.6 is 15.9 Å². The van der Waals surface area contributed by atoms with E-state index in [1.807, 2.05) is 29.9 Å². The first-order valence-electron chi connectivity index (χ1n) is 5.10. The van der Waals surface area contributed by atoms with Crippen molar-refractivity contribution in [2.75, 3.05) is 11.9 Å². The molecule has 0 amide bonds. The van der Waals surface area contributed by atoms with Crippen molar-refractivity contribution < 1.29 is 0 Å². The molecule has 84 valence electrons. The van der Waals surface area contributed by atoms with Crippen molar-refractivity contribution in [3.63, 3.8) is 0 Å². The summed E-state index contributed by atoms with van der Waals surface area (Å²) in [6.45, 7) is 3.68. The SMILES string of the molecule is Cc1ccnc(NCCn2cccn2)c1Br. The molecule has 2 heterocycles. The van der Waals surface area contributed by atoms with Gasteiger partial charge in [0.05, 0.1) is 11.0 Å². The first-order chi connectivity index (χ1) is 7.77. The summed E-state index contributed by atoms with van der Waals surface area (Å²) >= 11 is 3.51. The largest absolute Gasteiger partial charge is 0.367 e. The zero-order valence-corrected chi connectivity index (χ0v) is 10.6. The highest BCUT2D eigenvalue weighted by atomic mass is 79.9. The summed E-state index contributed by atoms with van der Waals surface area (Å²) in [7, 11) is 0. The minimum atomic E-state index is 0.802. The number of aryl methyl sites for hydroxylation is 1. The molecule has 4 nitrogen and oxygen atoms in total. The summed E-state index contributed by atoms with van der Waals surface area (Å²) < 4.78 is 2.91. The number of halogens is 1. The second-order valence-corrected chi connectivity index (χ2v) is 4.28. The van der Waals surface area contributed by atoms with Crippen molar-refractivity contribution >= 4 is 21.7 Å². The van der Waals surface area contributed by atoms with Crippen molar-refractivity contribution in [1.29, 1.82) is 0 Å². The van der Waals surface area contributed by atoms with E-state index >= 15 is 0 Å². The van der Waals surface area contributed by atoms with Gasteiger partial charge < -0.3 is 5.32 Å². The van der Waals surface area contributed by atoms with Crippen LogP contribution in [0.3, 0.4) is 0 Å². The van der Waals surface area contributed by atoms with Crippen LogP contribution in [0.5, 0.6) is 0 Å². The highest BCUT2D eigenvalue weighted by Crippen LogP contribution is 2.22. The Balaban J connectivity index is 1.92. The summed E-state index contributed by atoms with van der Waals surface area (Å²) in [5, 5.41) is 7.41. The third kappa shape index (κ3) is 2.61. The highest BCUT2D eigenvalue weighted by molar-refractivity contribution is 9.10. The molecule has 0 atom stereocenters. The molecular weight excluding hydrogens is 268 g/mol. The van der Waals surface area contributed by atoms with Gasteiger partial charge in [0.15, 0.2) is 0 Å². The minimum Gasteiger partial charge on any atom is -0.367 e. The molecule has 16 heavy (non-hydrogen) atoms. The van der Waals surface area contributed by atoms with Crippen LogP contribution in [0.25, 0.3) is 0 Å². The topological polar surface area (TPSA) is 42.7 Å². The molecule has 0 saturated heterocycles. The fourth-order valence-corrected chi connectivity index (χ4v) is 1.76. The Labute approximate surface area is 103 Å². The summed E-state index contributed by atoms with van der Waals surface area (Å²) in [6.07, 6.45) is 5.53. The molecule has 0 unspecified atom stereocenters. The van der Waals surface area contributed by atoms with Gasteiger partial charge in [-0.1, -0.05) is 0 Å². The van der Waals surface area contributed by atoms with Crippen LogP contribution in [0, 0.1) is 6.92 Å². The minimum absolute atomic E-state index is 0.802. The van der Waals surface area contributed by atoms with Crippen molar-refractivity contribution in [3.05, 3.63) is 40.8 Å². The van der Waals surface area contributed by atoms with E-state index in [-0.39, 0.29) is 0 Å². The predicted molar refractivity (Wildman–Crippen MR) is 67.4 cm³/mol. The Hall–Kier alpha value is -1.36. The lowest BCUT2D eigenvalue weighted by atomic mass is 10.3. The summed E-state index contributed by atoms with van der Waals surface area (Å²) in [5.41, 5.74) is 1.18. The lowest BCUT2D eigenvalue weighted by Crippen LogP contribution is -2.12. The molecule has 2 aromatic rings. The lowest BCUT2D eigenvalue weighted by Gasteiger charge is -2.08. The molecule has 0 aliphatic rings. The maximum atomic E-state index is 4.27. The van der Waals surface area contributed by atoms with E-state index < -0.39 is 0 Å². The smallest absolute Gasteiger partial charge is 0.140 e. The molecule has 0 spiro atoms. The molecule has 0 aliphatic carbocycles. The third-order valence-electron chi connectivity index (χ3n) is 2.27. The average Bonchev–Trinajstić information content (AvgIpc) is 2.77. The van der Waals surface area contributed by atoms with Crippen molar-refractivity contribution in [1.82, 2.24) is 14.8 Å². The van der Waals surface area contributed by atoms with Gasteiger partial charge in [-0.3, -0.25) is 4.68 Å². The van der Waals surface area contributed by atoms with Crippen molar-refractivity contribution in [3.8, 4) is 0 Å². The van der Waals surface area contributed by atoms with Crippen LogP contribution in [-0.2, 0) is 6.54 Å².